The molecule has 3 rings (SSSR count). The average molecular weight is 131 g/mol. The van der Waals surface area contributed by atoms with E-state index in [9.17, 15) is 0 Å². The van der Waals surface area contributed by atoms with Crippen LogP contribution < -0.4 is 4.90 Å². The molecular weight excluding hydrogens is 122 g/mol. The Labute approximate surface area is 60.3 Å². The van der Waals surface area contributed by atoms with Crippen molar-refractivity contribution in [2.45, 2.75) is 13.0 Å². The van der Waals surface area contributed by atoms with E-state index in [1.54, 1.807) is 11.1 Å². The zero-order valence-electron chi connectivity index (χ0n) is 5.80. The molecule has 2 aliphatic heterocycles. The molecule has 1 aromatic rings. The smallest absolute Gasteiger partial charge is 0.0452 e. The van der Waals surface area contributed by atoms with Gasteiger partial charge in [0.1, 0.15) is 0 Å². The third-order valence-electron chi connectivity index (χ3n) is 2.59. The fourth-order valence-corrected chi connectivity index (χ4v) is 1.97. The van der Waals surface area contributed by atoms with E-state index in [1.807, 2.05) is 0 Å². The second kappa shape index (κ2) is 1.36. The van der Waals surface area contributed by atoms with Crippen LogP contribution in [0.5, 0.6) is 0 Å². The number of anilines is 1. The molecule has 2 heterocycles. The molecular formula is C9H9N. The highest BCUT2D eigenvalue weighted by Gasteiger charge is 2.28. The Morgan fingerprint density at radius 3 is 3.00 bits per heavy atom. The first kappa shape index (κ1) is 4.78. The largest absolute Gasteiger partial charge is 0.366 e. The van der Waals surface area contributed by atoms with Crippen LogP contribution >= 0.6 is 0 Å². The highest BCUT2D eigenvalue weighted by molar-refractivity contribution is 5.67. The molecule has 0 radical (unpaired) electrons. The first-order valence-corrected chi connectivity index (χ1v) is 3.81. The molecule has 0 atom stereocenters. The molecule has 0 N–H and O–H groups in total. The van der Waals surface area contributed by atoms with Gasteiger partial charge in [0.05, 0.1) is 0 Å². The molecule has 0 amide bonds. The van der Waals surface area contributed by atoms with E-state index in [1.165, 1.54) is 25.2 Å². The molecule has 1 aromatic carbocycles. The second-order valence-corrected chi connectivity index (χ2v) is 3.09. The Kier molecular flexibility index (Phi) is 0.652. The summed E-state index contributed by atoms with van der Waals surface area (Å²) in [5.74, 6) is 0. The van der Waals surface area contributed by atoms with Gasteiger partial charge in [-0.3, -0.25) is 0 Å². The maximum absolute atomic E-state index is 2.45. The normalized spacial score (nSPS) is 18.6. The fraction of sp³-hybridized carbons (Fsp3) is 0.333. The van der Waals surface area contributed by atoms with Crippen LogP contribution in [0.15, 0.2) is 18.2 Å². The molecule has 10 heavy (non-hydrogen) atoms. The fourth-order valence-electron chi connectivity index (χ4n) is 1.97. The molecule has 0 saturated heterocycles. The topological polar surface area (TPSA) is 3.24 Å². The van der Waals surface area contributed by atoms with Gasteiger partial charge in [0.15, 0.2) is 0 Å². The van der Waals surface area contributed by atoms with Crippen LogP contribution in [0.4, 0.5) is 5.69 Å². The maximum Gasteiger partial charge on any atom is 0.0452 e. The van der Waals surface area contributed by atoms with Crippen molar-refractivity contribution in [2.75, 3.05) is 11.4 Å². The predicted octanol–water partition coefficient (Wildman–Crippen LogP) is 1.56. The van der Waals surface area contributed by atoms with Gasteiger partial charge in [0.2, 0.25) is 0 Å². The Morgan fingerprint density at radius 2 is 2.30 bits per heavy atom. The zero-order chi connectivity index (χ0) is 6.55. The summed E-state index contributed by atoms with van der Waals surface area (Å²) in [6, 6.07) is 6.65. The summed E-state index contributed by atoms with van der Waals surface area (Å²) < 4.78 is 0. The number of nitrogens with zero attached hydrogens (tertiary/aromatic N) is 1. The van der Waals surface area contributed by atoms with Crippen molar-refractivity contribution in [1.29, 1.82) is 0 Å². The van der Waals surface area contributed by atoms with E-state index in [0.717, 1.165) is 0 Å². The SMILES string of the molecule is c1cc2c3c(c1)N(CC2)C3. The van der Waals surface area contributed by atoms with Crippen molar-refractivity contribution in [1.82, 2.24) is 0 Å². The molecule has 0 aromatic heterocycles. The quantitative estimate of drug-likeness (QED) is 0.516. The van der Waals surface area contributed by atoms with E-state index in [2.05, 4.69) is 23.1 Å². The lowest BCUT2D eigenvalue weighted by Crippen LogP contribution is -2.39. The van der Waals surface area contributed by atoms with Gasteiger partial charge in [0, 0.05) is 18.8 Å². The predicted molar refractivity (Wildman–Crippen MR) is 41.2 cm³/mol. The van der Waals surface area contributed by atoms with Gasteiger partial charge in [0.25, 0.3) is 0 Å². The van der Waals surface area contributed by atoms with Crippen molar-refractivity contribution in [2.24, 2.45) is 0 Å². The third kappa shape index (κ3) is 0.376. The van der Waals surface area contributed by atoms with E-state index in [0.29, 0.717) is 0 Å². The molecule has 1 nitrogen and oxygen atoms in total. The molecule has 0 spiro atoms. The molecule has 4 bridgehead atoms. The van der Waals surface area contributed by atoms with Gasteiger partial charge in [-0.15, -0.1) is 0 Å². The van der Waals surface area contributed by atoms with Gasteiger partial charge < -0.3 is 4.90 Å². The Bertz CT molecular complexity index is 277. The second-order valence-electron chi connectivity index (χ2n) is 3.09. The number of hydrogen-bond donors (Lipinski definition) is 0. The van der Waals surface area contributed by atoms with Crippen molar-refractivity contribution in [3.63, 3.8) is 0 Å². The summed E-state index contributed by atoms with van der Waals surface area (Å²) in [6.07, 6.45) is 1.27. The third-order valence-corrected chi connectivity index (χ3v) is 2.59. The van der Waals surface area contributed by atoms with Crippen molar-refractivity contribution in [3.8, 4) is 0 Å². The van der Waals surface area contributed by atoms with Gasteiger partial charge in [-0.2, -0.15) is 0 Å². The summed E-state index contributed by atoms with van der Waals surface area (Å²) in [4.78, 5) is 2.45. The molecule has 0 aliphatic carbocycles. The first-order chi connectivity index (χ1) is 4.95. The summed E-state index contributed by atoms with van der Waals surface area (Å²) in [5.41, 5.74) is 4.68. The molecule has 2 aliphatic rings. The van der Waals surface area contributed by atoms with Crippen LogP contribution in [0.25, 0.3) is 0 Å². The molecule has 0 saturated carbocycles. The Balaban J connectivity index is 2.36. The van der Waals surface area contributed by atoms with Crippen LogP contribution in [0.3, 0.4) is 0 Å². The van der Waals surface area contributed by atoms with Gasteiger partial charge >= 0.3 is 0 Å². The maximum atomic E-state index is 2.45. The minimum atomic E-state index is 1.21. The summed E-state index contributed by atoms with van der Waals surface area (Å²) in [5, 5.41) is 0. The van der Waals surface area contributed by atoms with Crippen LogP contribution in [0, 0.1) is 0 Å². The molecule has 1 heteroatoms. The highest BCUT2D eigenvalue weighted by Crippen LogP contribution is 2.39. The molecule has 50 valence electrons. The standard InChI is InChI=1S/C9H9N/c1-2-7-4-5-10-6-8(7)9(10)3-1/h1-3H,4-6H2. The van der Waals surface area contributed by atoms with E-state index in [4.69, 9.17) is 0 Å². The number of rotatable bonds is 0. The van der Waals surface area contributed by atoms with Crippen LogP contribution in [-0.4, -0.2) is 6.54 Å². The van der Waals surface area contributed by atoms with Gasteiger partial charge in [-0.1, -0.05) is 12.1 Å². The summed E-state index contributed by atoms with van der Waals surface area (Å²) in [7, 11) is 0. The number of hydrogen-bond acceptors (Lipinski definition) is 1. The molecule has 0 fully saturated rings. The Hall–Kier alpha value is -0.980. The van der Waals surface area contributed by atoms with Crippen molar-refractivity contribution in [3.05, 3.63) is 29.3 Å². The first-order valence-electron chi connectivity index (χ1n) is 3.81. The Morgan fingerprint density at radius 1 is 1.30 bits per heavy atom. The van der Waals surface area contributed by atoms with Crippen LogP contribution in [0.1, 0.15) is 11.1 Å². The van der Waals surface area contributed by atoms with Crippen molar-refractivity contribution < 1.29 is 0 Å². The summed E-state index contributed by atoms with van der Waals surface area (Å²) >= 11 is 0. The highest BCUT2D eigenvalue weighted by atomic mass is 15.2. The average Bonchev–Trinajstić information content (AvgIpc) is 1.96. The lowest BCUT2D eigenvalue weighted by atomic mass is 9.90. The monoisotopic (exact) mass is 131 g/mol. The summed E-state index contributed by atoms with van der Waals surface area (Å²) in [6.45, 7) is 2.46. The van der Waals surface area contributed by atoms with Crippen LogP contribution in [0.2, 0.25) is 0 Å². The van der Waals surface area contributed by atoms with Crippen LogP contribution in [-0.2, 0) is 13.0 Å². The van der Waals surface area contributed by atoms with E-state index < -0.39 is 0 Å². The number of benzene rings is 1. The lowest BCUT2D eigenvalue weighted by molar-refractivity contribution is 0.668. The van der Waals surface area contributed by atoms with Gasteiger partial charge in [-0.05, 0) is 23.6 Å². The van der Waals surface area contributed by atoms with Gasteiger partial charge in [-0.25, -0.2) is 0 Å². The van der Waals surface area contributed by atoms with E-state index >= 15 is 0 Å². The minimum Gasteiger partial charge on any atom is -0.366 e. The zero-order valence-corrected chi connectivity index (χ0v) is 5.80. The minimum absolute atomic E-state index is 1.21. The molecule has 0 unspecified atom stereocenters. The van der Waals surface area contributed by atoms with E-state index in [-0.39, 0.29) is 0 Å². The van der Waals surface area contributed by atoms with Crippen molar-refractivity contribution >= 4 is 5.69 Å². The lowest BCUT2D eigenvalue weighted by Gasteiger charge is -2.42.